The molecule has 0 bridgehead atoms. The van der Waals surface area contributed by atoms with Crippen LogP contribution in [0.25, 0.3) is 0 Å². The summed E-state index contributed by atoms with van der Waals surface area (Å²) in [6, 6.07) is 0.475. The number of thiazole rings is 1. The summed E-state index contributed by atoms with van der Waals surface area (Å²) in [6.45, 7) is 0.244. The number of halogens is 3. The minimum atomic E-state index is -3.32. The summed E-state index contributed by atoms with van der Waals surface area (Å²) in [6.07, 6.45) is 2.85. The van der Waals surface area contributed by atoms with Crippen molar-refractivity contribution in [3.63, 3.8) is 0 Å². The van der Waals surface area contributed by atoms with E-state index in [0.717, 1.165) is 25.5 Å². The topological polar surface area (TPSA) is 88.9 Å². The second kappa shape index (κ2) is 8.32. The lowest BCUT2D eigenvalue weighted by molar-refractivity contribution is -0.136. The van der Waals surface area contributed by atoms with Crippen molar-refractivity contribution in [2.75, 3.05) is 25.7 Å². The smallest absolute Gasteiger partial charge is 0.338 e. The van der Waals surface area contributed by atoms with E-state index >= 15 is 0 Å². The fraction of sp³-hybridized carbons (Fsp3) is 0.350. The number of rotatable bonds is 5. The summed E-state index contributed by atoms with van der Waals surface area (Å²) < 4.78 is 71.0. The summed E-state index contributed by atoms with van der Waals surface area (Å²) in [5.74, 6) is -5.51. The fourth-order valence-electron chi connectivity index (χ4n) is 4.06. The van der Waals surface area contributed by atoms with E-state index in [-0.39, 0.29) is 35.8 Å². The molecular weight excluding hydrogens is 467 g/mol. The molecule has 0 unspecified atom stereocenters. The van der Waals surface area contributed by atoms with Crippen molar-refractivity contribution >= 4 is 33.0 Å². The molecule has 2 aliphatic rings. The van der Waals surface area contributed by atoms with Gasteiger partial charge in [-0.2, -0.15) is 0 Å². The Labute approximate surface area is 186 Å². The van der Waals surface area contributed by atoms with Crippen LogP contribution >= 0.6 is 11.3 Å². The Morgan fingerprint density at radius 3 is 2.66 bits per heavy atom. The van der Waals surface area contributed by atoms with Gasteiger partial charge in [0.15, 0.2) is 28.3 Å². The molecule has 1 aromatic carbocycles. The average Bonchev–Trinajstić information content (AvgIpc) is 3.39. The molecule has 0 spiro atoms. The van der Waals surface area contributed by atoms with Gasteiger partial charge in [0.25, 0.3) is 0 Å². The molecule has 0 aliphatic carbocycles. The van der Waals surface area contributed by atoms with E-state index in [4.69, 9.17) is 4.74 Å². The summed E-state index contributed by atoms with van der Waals surface area (Å²) >= 11 is 1.25. The highest BCUT2D eigenvalue weighted by Gasteiger charge is 2.43. The van der Waals surface area contributed by atoms with Crippen LogP contribution in [-0.2, 0) is 19.4 Å². The van der Waals surface area contributed by atoms with Gasteiger partial charge in [-0.3, -0.25) is 4.99 Å². The number of allylic oxidation sites excluding steroid dienone is 1. The molecule has 2 aromatic rings. The Morgan fingerprint density at radius 2 is 2.03 bits per heavy atom. The van der Waals surface area contributed by atoms with Gasteiger partial charge in [-0.05, 0) is 18.4 Å². The predicted molar refractivity (Wildman–Crippen MR) is 111 cm³/mol. The molecule has 0 radical (unpaired) electrons. The van der Waals surface area contributed by atoms with E-state index in [1.54, 1.807) is 16.5 Å². The van der Waals surface area contributed by atoms with Gasteiger partial charge in [-0.15, -0.1) is 11.3 Å². The first-order chi connectivity index (χ1) is 15.1. The first kappa shape index (κ1) is 22.5. The summed E-state index contributed by atoms with van der Waals surface area (Å²) in [5.41, 5.74) is 0.0191. The third-order valence-electron chi connectivity index (χ3n) is 5.27. The Morgan fingerprint density at radius 1 is 1.28 bits per heavy atom. The van der Waals surface area contributed by atoms with Crippen LogP contribution in [0, 0.1) is 23.4 Å². The van der Waals surface area contributed by atoms with Gasteiger partial charge in [0.05, 0.1) is 18.4 Å². The first-order valence-corrected chi connectivity index (χ1v) is 12.4. The Kier molecular flexibility index (Phi) is 5.84. The highest BCUT2D eigenvalue weighted by atomic mass is 32.2. The van der Waals surface area contributed by atoms with Crippen molar-refractivity contribution in [2.45, 2.75) is 12.5 Å². The maximum absolute atomic E-state index is 14.7. The lowest BCUT2D eigenvalue weighted by Gasteiger charge is -2.31. The van der Waals surface area contributed by atoms with E-state index < -0.39 is 39.3 Å². The number of hydrogen-bond acceptors (Lipinski definition) is 8. The number of nitrogens with zero attached hydrogens (tertiary/aromatic N) is 3. The molecule has 0 amide bonds. The van der Waals surface area contributed by atoms with E-state index in [1.807, 2.05) is 0 Å². The average molecular weight is 486 g/mol. The molecular formula is C20H18F3N3O4S2. The third-order valence-corrected chi connectivity index (χ3v) is 7.11. The van der Waals surface area contributed by atoms with Gasteiger partial charge in [-0.25, -0.2) is 31.4 Å². The SMILES string of the molecule is COC(=O)C1=C2C[C@H](CS(C)(=O)=O)CN2C(c2nccs2)=N[C@H]1c1ccc(F)c(F)c1F. The summed E-state index contributed by atoms with van der Waals surface area (Å²) in [5, 5.41) is 2.16. The Balaban J connectivity index is 1.92. The lowest BCUT2D eigenvalue weighted by atomic mass is 9.93. The molecule has 0 N–H and O–H groups in total. The molecule has 3 heterocycles. The molecule has 1 fully saturated rings. The molecule has 170 valence electrons. The van der Waals surface area contributed by atoms with Crippen molar-refractivity contribution in [3.05, 3.63) is 63.0 Å². The zero-order valence-electron chi connectivity index (χ0n) is 17.0. The van der Waals surface area contributed by atoms with Crippen LogP contribution in [0.5, 0.6) is 0 Å². The van der Waals surface area contributed by atoms with Gasteiger partial charge < -0.3 is 9.64 Å². The molecule has 4 rings (SSSR count). The number of methoxy groups -OCH3 is 1. The minimum Gasteiger partial charge on any atom is -0.466 e. The number of fused-ring (bicyclic) bond motifs is 1. The number of sulfone groups is 1. The molecule has 32 heavy (non-hydrogen) atoms. The normalized spacial score (nSPS) is 20.9. The molecule has 7 nitrogen and oxygen atoms in total. The largest absolute Gasteiger partial charge is 0.466 e. The molecule has 1 aromatic heterocycles. The quantitative estimate of drug-likeness (QED) is 0.478. The number of aliphatic imine (C=N–C) groups is 1. The molecule has 2 atom stereocenters. The molecule has 2 aliphatic heterocycles. The second-order valence-electron chi connectivity index (χ2n) is 7.58. The van der Waals surface area contributed by atoms with Crippen LogP contribution in [0.4, 0.5) is 13.2 Å². The van der Waals surface area contributed by atoms with Crippen molar-refractivity contribution < 1.29 is 31.1 Å². The van der Waals surface area contributed by atoms with Crippen molar-refractivity contribution in [1.82, 2.24) is 9.88 Å². The summed E-state index contributed by atoms with van der Waals surface area (Å²) in [7, 11) is -2.18. The van der Waals surface area contributed by atoms with E-state index in [2.05, 4.69) is 9.98 Å². The van der Waals surface area contributed by atoms with Gasteiger partial charge in [0.2, 0.25) is 0 Å². The number of benzene rings is 1. The van der Waals surface area contributed by atoms with Gasteiger partial charge in [-0.1, -0.05) is 6.07 Å². The molecule has 1 saturated heterocycles. The highest BCUT2D eigenvalue weighted by Crippen LogP contribution is 2.43. The number of hydrogen-bond donors (Lipinski definition) is 0. The summed E-state index contributed by atoms with van der Waals surface area (Å²) in [4.78, 5) is 23.2. The third kappa shape index (κ3) is 4.04. The first-order valence-electron chi connectivity index (χ1n) is 9.48. The van der Waals surface area contributed by atoms with Gasteiger partial charge >= 0.3 is 5.97 Å². The number of amidine groups is 1. The Bertz CT molecular complexity index is 1240. The van der Waals surface area contributed by atoms with E-state index in [9.17, 15) is 26.4 Å². The zero-order valence-corrected chi connectivity index (χ0v) is 18.6. The van der Waals surface area contributed by atoms with Gasteiger partial charge in [0.1, 0.15) is 15.9 Å². The second-order valence-corrected chi connectivity index (χ2v) is 10.7. The van der Waals surface area contributed by atoms with Crippen LogP contribution < -0.4 is 0 Å². The molecule has 0 saturated carbocycles. The monoisotopic (exact) mass is 485 g/mol. The predicted octanol–water partition coefficient (Wildman–Crippen LogP) is 2.86. The minimum absolute atomic E-state index is 0.0475. The molecule has 12 heteroatoms. The maximum Gasteiger partial charge on any atom is 0.338 e. The standard InChI is InChI=1S/C20H18F3N3O4S2/c1-30-20(27)14-13-7-10(9-32(2,28)29)8-26(13)18(19-24-5-6-31-19)25-17(14)11-3-4-12(21)16(23)15(11)22/h3-6,10,17H,7-9H2,1-2H3/t10-,17-/m0/s1. The number of carbonyl (C=O) groups excluding carboxylic acids is 1. The fourth-order valence-corrected chi connectivity index (χ4v) is 5.78. The van der Waals surface area contributed by atoms with Crippen LogP contribution in [0.15, 0.2) is 40.0 Å². The number of esters is 1. The van der Waals surface area contributed by atoms with Crippen LogP contribution in [-0.4, -0.2) is 55.8 Å². The highest BCUT2D eigenvalue weighted by molar-refractivity contribution is 7.90. The van der Waals surface area contributed by atoms with Crippen molar-refractivity contribution in [3.8, 4) is 0 Å². The van der Waals surface area contributed by atoms with Crippen LogP contribution in [0.1, 0.15) is 23.0 Å². The number of ether oxygens (including phenoxy) is 1. The van der Waals surface area contributed by atoms with E-state index in [0.29, 0.717) is 16.5 Å². The number of carbonyl (C=O) groups is 1. The number of aromatic nitrogens is 1. The lowest BCUT2D eigenvalue weighted by Crippen LogP contribution is -2.36. The van der Waals surface area contributed by atoms with Gasteiger partial charge in [0, 0.05) is 35.6 Å². The van der Waals surface area contributed by atoms with E-state index in [1.165, 1.54) is 11.3 Å². The van der Waals surface area contributed by atoms with Crippen molar-refractivity contribution in [2.24, 2.45) is 10.9 Å². The Hall–Kier alpha value is -2.73. The van der Waals surface area contributed by atoms with Crippen LogP contribution in [0.2, 0.25) is 0 Å². The van der Waals surface area contributed by atoms with Crippen LogP contribution in [0.3, 0.4) is 0 Å². The van der Waals surface area contributed by atoms with Crippen molar-refractivity contribution in [1.29, 1.82) is 0 Å². The maximum atomic E-state index is 14.7. The zero-order chi connectivity index (χ0) is 23.2.